The second kappa shape index (κ2) is 6.18. The first kappa shape index (κ1) is 14.7. The van der Waals surface area contributed by atoms with Gasteiger partial charge in [0.1, 0.15) is 0 Å². The number of carbonyl (C=O) groups is 2. The predicted octanol–water partition coefficient (Wildman–Crippen LogP) is 3.98. The summed E-state index contributed by atoms with van der Waals surface area (Å²) in [6.45, 7) is 3.67. The number of rotatable bonds is 4. The molecule has 0 unspecified atom stereocenters. The number of aryl methyl sites for hydroxylation is 1. The molecule has 1 N–H and O–H groups in total. The lowest BCUT2D eigenvalue weighted by atomic mass is 9.98. The van der Waals surface area contributed by atoms with Crippen molar-refractivity contribution in [2.75, 3.05) is 0 Å². The lowest BCUT2D eigenvalue weighted by Gasteiger charge is -2.05. The van der Waals surface area contributed by atoms with Crippen LogP contribution < -0.4 is 0 Å². The molecule has 0 aliphatic rings. The Labute approximate surface area is 123 Å². The fourth-order valence-electron chi connectivity index (χ4n) is 2.08. The van der Waals surface area contributed by atoms with Crippen LogP contribution in [-0.2, 0) is 0 Å². The fourth-order valence-corrected chi connectivity index (χ4v) is 2.08. The van der Waals surface area contributed by atoms with Crippen LogP contribution in [0.4, 0.5) is 0 Å². The van der Waals surface area contributed by atoms with E-state index in [0.29, 0.717) is 11.1 Å². The number of carboxylic acid groups (broad SMARTS) is 1. The zero-order valence-corrected chi connectivity index (χ0v) is 12.0. The maximum absolute atomic E-state index is 12.4. The van der Waals surface area contributed by atoms with Gasteiger partial charge >= 0.3 is 5.97 Å². The van der Waals surface area contributed by atoms with Crippen LogP contribution in [-0.4, -0.2) is 16.9 Å². The molecule has 0 saturated heterocycles. The van der Waals surface area contributed by atoms with E-state index >= 15 is 0 Å². The van der Waals surface area contributed by atoms with Gasteiger partial charge in [0.2, 0.25) is 0 Å². The zero-order chi connectivity index (χ0) is 15.4. The summed E-state index contributed by atoms with van der Waals surface area (Å²) in [6.07, 6.45) is 1.76. The Morgan fingerprint density at radius 2 is 1.62 bits per heavy atom. The van der Waals surface area contributed by atoms with Crippen molar-refractivity contribution in [3.8, 4) is 0 Å². The summed E-state index contributed by atoms with van der Waals surface area (Å²) in [5, 5.41) is 8.86. The minimum atomic E-state index is -0.960. The number of carbonyl (C=O) groups excluding carboxylic acids is 1. The molecule has 0 spiro atoms. The van der Waals surface area contributed by atoms with Crippen molar-refractivity contribution in [2.24, 2.45) is 0 Å². The predicted molar refractivity (Wildman–Crippen MR) is 82.6 cm³/mol. The third-order valence-electron chi connectivity index (χ3n) is 3.29. The van der Waals surface area contributed by atoms with Gasteiger partial charge in [0, 0.05) is 5.56 Å². The fraction of sp³-hybridized carbons (Fsp3) is 0.111. The summed E-state index contributed by atoms with van der Waals surface area (Å²) in [7, 11) is 0. The Balaban J connectivity index is 2.26. The Morgan fingerprint density at radius 3 is 2.19 bits per heavy atom. The smallest absolute Gasteiger partial charge is 0.335 e. The number of hydrogen-bond acceptors (Lipinski definition) is 2. The summed E-state index contributed by atoms with van der Waals surface area (Å²) in [5.41, 5.74) is 3.28. The third kappa shape index (κ3) is 3.45. The highest BCUT2D eigenvalue weighted by Gasteiger charge is 2.10. The van der Waals surface area contributed by atoms with Crippen LogP contribution in [0.25, 0.3) is 6.08 Å². The number of aromatic carboxylic acids is 1. The van der Waals surface area contributed by atoms with Crippen LogP contribution in [0.1, 0.15) is 38.8 Å². The number of hydrogen-bond donors (Lipinski definition) is 1. The number of Topliss-reactive ketones (excluding diaryl/α,β-unsaturated/α-hetero) is 1. The van der Waals surface area contributed by atoms with Gasteiger partial charge in [0.05, 0.1) is 5.56 Å². The average Bonchev–Trinajstić information content (AvgIpc) is 2.47. The van der Waals surface area contributed by atoms with Gasteiger partial charge in [-0.2, -0.15) is 0 Å². The molecular formula is C18H16O3. The molecule has 106 valence electrons. The summed E-state index contributed by atoms with van der Waals surface area (Å²) < 4.78 is 0. The molecule has 2 aromatic rings. The van der Waals surface area contributed by atoms with E-state index in [0.717, 1.165) is 11.1 Å². The molecule has 3 heteroatoms. The highest BCUT2D eigenvalue weighted by atomic mass is 16.4. The van der Waals surface area contributed by atoms with Crippen molar-refractivity contribution in [1.29, 1.82) is 0 Å². The van der Waals surface area contributed by atoms with Crippen molar-refractivity contribution < 1.29 is 14.7 Å². The molecule has 0 atom stereocenters. The van der Waals surface area contributed by atoms with Crippen LogP contribution in [0, 0.1) is 6.92 Å². The van der Waals surface area contributed by atoms with Gasteiger partial charge in [0.25, 0.3) is 0 Å². The molecule has 0 aliphatic heterocycles. The lowest BCUT2D eigenvalue weighted by Crippen LogP contribution is -2.03. The topological polar surface area (TPSA) is 54.4 Å². The molecule has 21 heavy (non-hydrogen) atoms. The number of carboxylic acids is 1. The van der Waals surface area contributed by atoms with Crippen LogP contribution in [0.5, 0.6) is 0 Å². The van der Waals surface area contributed by atoms with E-state index in [1.807, 2.05) is 31.2 Å². The van der Waals surface area contributed by atoms with Crippen molar-refractivity contribution in [3.05, 3.63) is 76.4 Å². The van der Waals surface area contributed by atoms with Gasteiger partial charge in [-0.05, 0) is 48.8 Å². The minimum Gasteiger partial charge on any atom is -0.478 e. The maximum Gasteiger partial charge on any atom is 0.335 e. The Kier molecular flexibility index (Phi) is 4.33. The third-order valence-corrected chi connectivity index (χ3v) is 3.29. The summed E-state index contributed by atoms with van der Waals surface area (Å²) in [4.78, 5) is 23.2. The molecule has 0 fully saturated rings. The molecule has 3 nitrogen and oxygen atoms in total. The van der Waals surface area contributed by atoms with Crippen molar-refractivity contribution in [1.82, 2.24) is 0 Å². The Morgan fingerprint density at radius 1 is 1.00 bits per heavy atom. The Hall–Kier alpha value is -2.68. The molecule has 2 aromatic carbocycles. The molecule has 0 saturated carbocycles. The van der Waals surface area contributed by atoms with E-state index in [2.05, 4.69) is 0 Å². The molecule has 0 bridgehead atoms. The lowest BCUT2D eigenvalue weighted by molar-refractivity contribution is 0.0696. The van der Waals surface area contributed by atoms with Gasteiger partial charge in [-0.3, -0.25) is 4.79 Å². The van der Waals surface area contributed by atoms with E-state index < -0.39 is 5.97 Å². The molecule has 0 aromatic heterocycles. The van der Waals surface area contributed by atoms with Gasteiger partial charge < -0.3 is 5.11 Å². The van der Waals surface area contributed by atoms with Crippen LogP contribution in [0.15, 0.2) is 54.1 Å². The second-order valence-electron chi connectivity index (χ2n) is 4.90. The van der Waals surface area contributed by atoms with E-state index in [1.165, 1.54) is 12.1 Å². The zero-order valence-electron chi connectivity index (χ0n) is 12.0. The van der Waals surface area contributed by atoms with Crippen molar-refractivity contribution >= 4 is 17.8 Å². The quantitative estimate of drug-likeness (QED) is 0.680. The van der Waals surface area contributed by atoms with E-state index in [4.69, 9.17) is 5.11 Å². The van der Waals surface area contributed by atoms with E-state index in [1.54, 1.807) is 25.1 Å². The highest BCUT2D eigenvalue weighted by molar-refractivity contribution is 6.11. The van der Waals surface area contributed by atoms with Crippen LogP contribution >= 0.6 is 0 Å². The second-order valence-corrected chi connectivity index (χ2v) is 4.90. The summed E-state index contributed by atoms with van der Waals surface area (Å²) in [5.74, 6) is -0.978. The van der Waals surface area contributed by atoms with Crippen molar-refractivity contribution in [2.45, 2.75) is 13.8 Å². The molecular weight excluding hydrogens is 264 g/mol. The first-order valence-corrected chi connectivity index (χ1v) is 6.61. The van der Waals surface area contributed by atoms with Gasteiger partial charge in [0.15, 0.2) is 5.78 Å². The van der Waals surface area contributed by atoms with Gasteiger partial charge in [-0.15, -0.1) is 0 Å². The average molecular weight is 280 g/mol. The number of allylic oxidation sites excluding steroid dienone is 1. The monoisotopic (exact) mass is 280 g/mol. The first-order valence-electron chi connectivity index (χ1n) is 6.61. The van der Waals surface area contributed by atoms with E-state index in [-0.39, 0.29) is 11.3 Å². The highest BCUT2D eigenvalue weighted by Crippen LogP contribution is 2.16. The molecule has 0 radical (unpaired) electrons. The normalized spacial score (nSPS) is 11.2. The van der Waals surface area contributed by atoms with Crippen LogP contribution in [0.3, 0.4) is 0 Å². The first-order chi connectivity index (χ1) is 9.99. The standard InChI is InChI=1S/C18H16O3/c1-12-5-3-4-6-16(12)17(19)13(2)11-14-7-9-15(10-8-14)18(20)21/h3-11H,1-2H3,(H,20,21)/b13-11-. The molecule has 0 amide bonds. The minimum absolute atomic E-state index is 0.0181. The van der Waals surface area contributed by atoms with Crippen LogP contribution in [0.2, 0.25) is 0 Å². The largest absolute Gasteiger partial charge is 0.478 e. The van der Waals surface area contributed by atoms with Gasteiger partial charge in [-0.1, -0.05) is 36.4 Å². The number of benzene rings is 2. The van der Waals surface area contributed by atoms with Gasteiger partial charge in [-0.25, -0.2) is 4.79 Å². The molecule has 2 rings (SSSR count). The number of ketones is 1. The molecule has 0 heterocycles. The summed E-state index contributed by atoms with van der Waals surface area (Å²) >= 11 is 0. The van der Waals surface area contributed by atoms with Crippen molar-refractivity contribution in [3.63, 3.8) is 0 Å². The molecule has 0 aliphatic carbocycles. The Bertz CT molecular complexity index is 709. The SMILES string of the molecule is C/C(=C/c1ccc(C(=O)O)cc1)C(=O)c1ccccc1C. The van der Waals surface area contributed by atoms with E-state index in [9.17, 15) is 9.59 Å². The summed E-state index contributed by atoms with van der Waals surface area (Å²) in [6, 6.07) is 13.9. The maximum atomic E-state index is 12.4.